The van der Waals surface area contributed by atoms with Crippen molar-refractivity contribution in [2.24, 2.45) is 4.99 Å². The Morgan fingerprint density at radius 3 is 2.36 bits per heavy atom. The average molecular weight is 382 g/mol. The lowest BCUT2D eigenvalue weighted by molar-refractivity contribution is -0.127. The molecule has 3 N–H and O–H groups in total. The molecule has 0 fully saturated rings. The number of hydrogen-bond donors (Lipinski definition) is 3. The molecule has 0 bridgehead atoms. The lowest BCUT2D eigenvalue weighted by atomic mass is 10.1. The normalized spacial score (nSPS) is 16.4. The maximum atomic E-state index is 13.0. The molecule has 0 aromatic heterocycles. The lowest BCUT2D eigenvalue weighted by Crippen LogP contribution is -2.49. The molecule has 7 heteroatoms. The molecule has 0 spiro atoms. The van der Waals surface area contributed by atoms with E-state index in [1.165, 1.54) is 0 Å². The van der Waals surface area contributed by atoms with Crippen LogP contribution in [0, 0.1) is 0 Å². The summed E-state index contributed by atoms with van der Waals surface area (Å²) >= 11 is 0. The second-order valence-corrected chi connectivity index (χ2v) is 7.04. The van der Waals surface area contributed by atoms with Gasteiger partial charge in [0.05, 0.1) is 13.7 Å². The Hall–Kier alpha value is -3.06. The van der Waals surface area contributed by atoms with Gasteiger partial charge in [0.1, 0.15) is 17.5 Å². The van der Waals surface area contributed by atoms with Crippen LogP contribution in [-0.4, -0.2) is 41.1 Å². The SMILES string of the molecule is COc1ccc(CN2C(=O)C(Cc3ccc(O)cc3)N=C2NNC(C)C)cc1. The number of phenols is 1. The van der Waals surface area contributed by atoms with Crippen molar-refractivity contribution in [3.05, 3.63) is 59.7 Å². The van der Waals surface area contributed by atoms with Crippen LogP contribution in [0.25, 0.3) is 0 Å². The van der Waals surface area contributed by atoms with Crippen molar-refractivity contribution in [1.82, 2.24) is 15.8 Å². The van der Waals surface area contributed by atoms with E-state index in [9.17, 15) is 9.90 Å². The van der Waals surface area contributed by atoms with Gasteiger partial charge in [0.15, 0.2) is 0 Å². The van der Waals surface area contributed by atoms with E-state index in [0.29, 0.717) is 18.9 Å². The van der Waals surface area contributed by atoms with Crippen LogP contribution in [0.15, 0.2) is 53.5 Å². The molecular formula is C21H26N4O3. The van der Waals surface area contributed by atoms with Gasteiger partial charge in [-0.2, -0.15) is 0 Å². The van der Waals surface area contributed by atoms with Gasteiger partial charge < -0.3 is 9.84 Å². The standard InChI is InChI=1S/C21H26N4O3/c1-14(2)23-24-21-22-19(12-15-4-8-17(26)9-5-15)20(27)25(21)13-16-6-10-18(28-3)11-7-16/h4-11,14,19,23,26H,12-13H2,1-3H3,(H,22,24). The summed E-state index contributed by atoms with van der Waals surface area (Å²) < 4.78 is 5.19. The van der Waals surface area contributed by atoms with Gasteiger partial charge in [-0.25, -0.2) is 10.4 Å². The summed E-state index contributed by atoms with van der Waals surface area (Å²) in [7, 11) is 1.62. The van der Waals surface area contributed by atoms with Crippen LogP contribution < -0.4 is 15.6 Å². The number of hydrogen-bond acceptors (Lipinski definition) is 6. The van der Waals surface area contributed by atoms with Crippen LogP contribution >= 0.6 is 0 Å². The number of hydrazine groups is 1. The Kier molecular flexibility index (Phi) is 6.16. The zero-order chi connectivity index (χ0) is 20.1. The maximum absolute atomic E-state index is 13.0. The summed E-state index contributed by atoms with van der Waals surface area (Å²) in [5.41, 5.74) is 8.11. The predicted molar refractivity (Wildman–Crippen MR) is 108 cm³/mol. The number of phenolic OH excluding ortho intramolecular Hbond substituents is 1. The van der Waals surface area contributed by atoms with Crippen LogP contribution in [0.5, 0.6) is 11.5 Å². The first-order valence-corrected chi connectivity index (χ1v) is 9.28. The zero-order valence-electron chi connectivity index (χ0n) is 16.3. The van der Waals surface area contributed by atoms with Gasteiger partial charge in [-0.1, -0.05) is 24.3 Å². The summed E-state index contributed by atoms with van der Waals surface area (Å²) in [5, 5.41) is 9.45. The molecule has 2 aromatic carbocycles. The van der Waals surface area contributed by atoms with Gasteiger partial charge in [-0.05, 0) is 49.2 Å². The van der Waals surface area contributed by atoms with Crippen LogP contribution in [0.1, 0.15) is 25.0 Å². The smallest absolute Gasteiger partial charge is 0.254 e. The van der Waals surface area contributed by atoms with Crippen LogP contribution in [0.4, 0.5) is 0 Å². The highest BCUT2D eigenvalue weighted by atomic mass is 16.5. The van der Waals surface area contributed by atoms with Crippen LogP contribution in [-0.2, 0) is 17.8 Å². The Bertz CT molecular complexity index is 832. The largest absolute Gasteiger partial charge is 0.508 e. The molecule has 1 atom stereocenters. The van der Waals surface area contributed by atoms with Crippen LogP contribution in [0.3, 0.4) is 0 Å². The third kappa shape index (κ3) is 4.80. The summed E-state index contributed by atoms with van der Waals surface area (Å²) in [5.74, 6) is 1.43. The molecule has 1 aliphatic heterocycles. The Morgan fingerprint density at radius 1 is 1.11 bits per heavy atom. The van der Waals surface area contributed by atoms with E-state index in [4.69, 9.17) is 4.74 Å². The molecule has 3 rings (SSSR count). The number of aromatic hydroxyl groups is 1. The van der Waals surface area contributed by atoms with Crippen molar-refractivity contribution >= 4 is 11.9 Å². The van der Waals surface area contributed by atoms with E-state index in [1.54, 1.807) is 24.1 Å². The first-order chi connectivity index (χ1) is 13.5. The lowest BCUT2D eigenvalue weighted by Gasteiger charge is -2.21. The molecule has 28 heavy (non-hydrogen) atoms. The van der Waals surface area contributed by atoms with Crippen molar-refractivity contribution in [2.75, 3.05) is 7.11 Å². The fourth-order valence-corrected chi connectivity index (χ4v) is 2.92. The molecule has 0 saturated heterocycles. The van der Waals surface area contributed by atoms with E-state index in [-0.39, 0.29) is 17.7 Å². The Balaban J connectivity index is 1.77. The maximum Gasteiger partial charge on any atom is 0.254 e. The average Bonchev–Trinajstić information content (AvgIpc) is 2.97. The minimum absolute atomic E-state index is 0.0584. The van der Waals surface area contributed by atoms with Crippen molar-refractivity contribution in [1.29, 1.82) is 0 Å². The molecule has 0 radical (unpaired) electrons. The molecule has 1 aliphatic rings. The molecule has 1 unspecified atom stereocenters. The predicted octanol–water partition coefficient (Wildman–Crippen LogP) is 2.21. The second-order valence-electron chi connectivity index (χ2n) is 7.04. The Labute approximate surface area is 165 Å². The monoisotopic (exact) mass is 382 g/mol. The molecular weight excluding hydrogens is 356 g/mol. The highest BCUT2D eigenvalue weighted by molar-refractivity contribution is 6.04. The van der Waals surface area contributed by atoms with Crippen molar-refractivity contribution in [3.8, 4) is 11.5 Å². The molecule has 0 saturated carbocycles. The summed E-state index contributed by atoms with van der Waals surface area (Å²) in [6.45, 7) is 4.43. The zero-order valence-corrected chi connectivity index (χ0v) is 16.3. The molecule has 148 valence electrons. The number of carbonyl (C=O) groups is 1. The fourth-order valence-electron chi connectivity index (χ4n) is 2.92. The number of benzene rings is 2. The van der Waals surface area contributed by atoms with E-state index in [1.807, 2.05) is 50.2 Å². The number of amides is 1. The number of carbonyl (C=O) groups excluding carboxylic acids is 1. The number of methoxy groups -OCH3 is 1. The fraction of sp³-hybridized carbons (Fsp3) is 0.333. The second kappa shape index (κ2) is 8.75. The minimum Gasteiger partial charge on any atom is -0.508 e. The van der Waals surface area contributed by atoms with Gasteiger partial charge in [-0.3, -0.25) is 15.1 Å². The third-order valence-corrected chi connectivity index (χ3v) is 4.42. The minimum atomic E-state index is -0.501. The van der Waals surface area contributed by atoms with Gasteiger partial charge in [0, 0.05) is 12.5 Å². The molecule has 2 aromatic rings. The summed E-state index contributed by atoms with van der Waals surface area (Å²) in [6.07, 6.45) is 0.477. The van der Waals surface area contributed by atoms with Crippen molar-refractivity contribution in [2.45, 2.75) is 38.9 Å². The molecule has 7 nitrogen and oxygen atoms in total. The van der Waals surface area contributed by atoms with Crippen molar-refractivity contribution < 1.29 is 14.6 Å². The number of guanidine groups is 1. The van der Waals surface area contributed by atoms with Gasteiger partial charge >= 0.3 is 0 Å². The van der Waals surface area contributed by atoms with E-state index < -0.39 is 6.04 Å². The number of nitrogens with one attached hydrogen (secondary N) is 2. The van der Waals surface area contributed by atoms with Crippen molar-refractivity contribution in [3.63, 3.8) is 0 Å². The van der Waals surface area contributed by atoms with E-state index >= 15 is 0 Å². The van der Waals surface area contributed by atoms with E-state index in [0.717, 1.165) is 16.9 Å². The molecule has 1 amide bonds. The first-order valence-electron chi connectivity index (χ1n) is 9.28. The first kappa shape index (κ1) is 19.7. The van der Waals surface area contributed by atoms with Gasteiger partial charge in [-0.15, -0.1) is 0 Å². The van der Waals surface area contributed by atoms with Crippen LogP contribution in [0.2, 0.25) is 0 Å². The summed E-state index contributed by atoms with van der Waals surface area (Å²) in [6, 6.07) is 14.2. The van der Waals surface area contributed by atoms with E-state index in [2.05, 4.69) is 15.8 Å². The number of rotatable bonds is 7. The quantitative estimate of drug-likeness (QED) is 0.639. The van der Waals surface area contributed by atoms with Gasteiger partial charge in [0.25, 0.3) is 5.91 Å². The topological polar surface area (TPSA) is 86.2 Å². The molecule has 1 heterocycles. The summed E-state index contributed by atoms with van der Waals surface area (Å²) in [4.78, 5) is 19.3. The number of aliphatic imine (C=N–C) groups is 1. The third-order valence-electron chi connectivity index (χ3n) is 4.42. The Morgan fingerprint density at radius 2 is 1.75 bits per heavy atom. The number of ether oxygens (including phenoxy) is 1. The highest BCUT2D eigenvalue weighted by Gasteiger charge is 2.34. The highest BCUT2D eigenvalue weighted by Crippen LogP contribution is 2.20. The van der Waals surface area contributed by atoms with Gasteiger partial charge in [0.2, 0.25) is 5.96 Å². The molecule has 0 aliphatic carbocycles. The number of nitrogens with zero attached hydrogens (tertiary/aromatic N) is 2.